The predicted octanol–water partition coefficient (Wildman–Crippen LogP) is 2.01. The van der Waals surface area contributed by atoms with Gasteiger partial charge in [0.05, 0.1) is 0 Å². The quantitative estimate of drug-likeness (QED) is 0.532. The van der Waals surface area contributed by atoms with Crippen molar-refractivity contribution in [2.24, 2.45) is 0 Å². The van der Waals surface area contributed by atoms with Crippen molar-refractivity contribution in [3.05, 3.63) is 0 Å². The van der Waals surface area contributed by atoms with Gasteiger partial charge in [0, 0.05) is 0 Å². The first-order valence-corrected chi connectivity index (χ1v) is 6.71. The summed E-state index contributed by atoms with van der Waals surface area (Å²) in [5, 5.41) is 0. The Balaban J connectivity index is 0. The second-order valence-electron chi connectivity index (χ2n) is 0.0714. The fraction of sp³-hybridized carbons (Fsp3) is 1.00. The number of rotatable bonds is 0. The maximum atomic E-state index is 4.93. The van der Waals surface area contributed by atoms with Crippen LogP contribution in [0, 0.1) is 0 Å². The van der Waals surface area contributed by atoms with Gasteiger partial charge in [-0.2, -0.15) is 0 Å². The second-order valence-corrected chi connectivity index (χ2v) is 3.80. The Bertz CT molecular complexity index is 6.00. The topological polar surface area (TPSA) is 0 Å². The van der Waals surface area contributed by atoms with Gasteiger partial charge in [-0.25, -0.2) is 0 Å². The van der Waals surface area contributed by atoms with E-state index in [1.807, 2.05) is 0 Å². The molecule has 0 aliphatic carbocycles. The molecule has 0 saturated carbocycles. The molecule has 0 aromatic rings. The molecule has 0 atom stereocenters. The summed E-state index contributed by atoms with van der Waals surface area (Å²) >= 11 is -0.826. The summed E-state index contributed by atoms with van der Waals surface area (Å²) in [7, 11) is 9.87. The molecule has 0 spiro atoms. The van der Waals surface area contributed by atoms with Gasteiger partial charge in [0.1, 0.15) is 0 Å². The normalized spacial score (nSPS) is 3.50. The van der Waals surface area contributed by atoms with Crippen molar-refractivity contribution >= 4 is 17.0 Å². The fourth-order valence-electron chi connectivity index (χ4n) is 0. The van der Waals surface area contributed by atoms with E-state index in [2.05, 4.69) is 0 Å². The minimum absolute atomic E-state index is 0. The van der Waals surface area contributed by atoms with Gasteiger partial charge in [0.25, 0.3) is 0 Å². The molecule has 0 aliphatic heterocycles. The van der Waals surface area contributed by atoms with E-state index in [0.717, 1.165) is 0 Å². The SMILES string of the molecule is C.[Cl][Zr][Cl]. The molecule has 4 heavy (non-hydrogen) atoms. The Hall–Kier alpha value is 1.46. The Kier molecular flexibility index (Phi) is 20.0. The molecule has 0 aliphatic rings. The third-order valence-electron chi connectivity index (χ3n) is 0. The van der Waals surface area contributed by atoms with Gasteiger partial charge in [0.2, 0.25) is 0 Å². The Morgan fingerprint density at radius 2 is 1.25 bits per heavy atom. The molecule has 0 nitrogen and oxygen atoms in total. The monoisotopic (exact) mass is 176 g/mol. The molecule has 0 bridgehead atoms. The van der Waals surface area contributed by atoms with Crippen molar-refractivity contribution < 1.29 is 20.8 Å². The van der Waals surface area contributed by atoms with Crippen molar-refractivity contribution in [3.8, 4) is 0 Å². The van der Waals surface area contributed by atoms with Gasteiger partial charge >= 0.3 is 37.9 Å². The molecule has 0 saturated heterocycles. The summed E-state index contributed by atoms with van der Waals surface area (Å²) < 4.78 is 0. The van der Waals surface area contributed by atoms with Gasteiger partial charge in [-0.15, -0.1) is 0 Å². The van der Waals surface area contributed by atoms with Crippen LogP contribution in [-0.2, 0) is 20.8 Å². The van der Waals surface area contributed by atoms with Gasteiger partial charge in [0.15, 0.2) is 0 Å². The maximum absolute atomic E-state index is 4.93. The first-order chi connectivity index (χ1) is 1.41. The summed E-state index contributed by atoms with van der Waals surface area (Å²) in [6, 6.07) is 0. The zero-order valence-electron chi connectivity index (χ0n) is 1.26. The average Bonchev–Trinajstić information content (AvgIpc) is 0.918. The molecule has 0 fully saturated rings. The zero-order chi connectivity index (χ0) is 2.71. The van der Waals surface area contributed by atoms with Crippen molar-refractivity contribution in [2.45, 2.75) is 7.43 Å². The molecule has 0 aromatic carbocycles. The molecule has 3 heteroatoms. The summed E-state index contributed by atoms with van der Waals surface area (Å²) in [5.41, 5.74) is 0. The molecule has 0 unspecified atom stereocenters. The van der Waals surface area contributed by atoms with Crippen LogP contribution in [0.5, 0.6) is 0 Å². The molecular formula is CH4Cl2Zr. The van der Waals surface area contributed by atoms with E-state index in [-0.39, 0.29) is 7.43 Å². The van der Waals surface area contributed by atoms with E-state index in [4.69, 9.17) is 17.0 Å². The number of hydrogen-bond acceptors (Lipinski definition) is 0. The Labute approximate surface area is 45.2 Å². The van der Waals surface area contributed by atoms with Gasteiger partial charge in [-0.3, -0.25) is 0 Å². The molecule has 0 aromatic heterocycles. The Morgan fingerprint density at radius 3 is 1.25 bits per heavy atom. The van der Waals surface area contributed by atoms with Crippen molar-refractivity contribution in [3.63, 3.8) is 0 Å². The van der Waals surface area contributed by atoms with Crippen LogP contribution in [-0.4, -0.2) is 0 Å². The van der Waals surface area contributed by atoms with Gasteiger partial charge in [-0.05, 0) is 0 Å². The van der Waals surface area contributed by atoms with Crippen LogP contribution < -0.4 is 0 Å². The van der Waals surface area contributed by atoms with Crippen molar-refractivity contribution in [1.82, 2.24) is 0 Å². The zero-order valence-corrected chi connectivity index (χ0v) is 5.23. The van der Waals surface area contributed by atoms with E-state index in [9.17, 15) is 0 Å². The number of halogens is 2. The molecule has 0 rings (SSSR count). The van der Waals surface area contributed by atoms with Crippen LogP contribution in [0.2, 0.25) is 0 Å². The van der Waals surface area contributed by atoms with Crippen LogP contribution in [0.4, 0.5) is 0 Å². The van der Waals surface area contributed by atoms with E-state index >= 15 is 0 Å². The third-order valence-corrected chi connectivity index (χ3v) is 0. The first-order valence-electron chi connectivity index (χ1n) is 0.378. The molecule has 0 radical (unpaired) electrons. The van der Waals surface area contributed by atoms with E-state index in [1.165, 1.54) is 0 Å². The molecule has 26 valence electrons. The summed E-state index contributed by atoms with van der Waals surface area (Å²) in [5.74, 6) is 0. The van der Waals surface area contributed by atoms with E-state index < -0.39 is 20.8 Å². The first kappa shape index (κ1) is 9.07. The third kappa shape index (κ3) is 9.81. The second kappa shape index (κ2) is 8.82. The average molecular weight is 178 g/mol. The molecule has 0 amide bonds. The fourth-order valence-corrected chi connectivity index (χ4v) is 0. The number of hydrogen-bond donors (Lipinski definition) is 0. The molecule has 0 N–H and O–H groups in total. The van der Waals surface area contributed by atoms with Gasteiger partial charge < -0.3 is 0 Å². The molecule has 0 heterocycles. The predicted molar refractivity (Wildman–Crippen MR) is 18.4 cm³/mol. The Morgan fingerprint density at radius 1 is 1.25 bits per heavy atom. The van der Waals surface area contributed by atoms with Crippen LogP contribution in [0.3, 0.4) is 0 Å². The standard InChI is InChI=1S/CH4.2ClH.Zr/h1H4;2*1H;/q;;;+2/p-2. The van der Waals surface area contributed by atoms with Crippen LogP contribution in [0.25, 0.3) is 0 Å². The summed E-state index contributed by atoms with van der Waals surface area (Å²) in [6.45, 7) is 0. The van der Waals surface area contributed by atoms with Crippen LogP contribution in [0.15, 0.2) is 0 Å². The molecular weight excluding hydrogens is 174 g/mol. The van der Waals surface area contributed by atoms with E-state index in [1.54, 1.807) is 0 Å². The van der Waals surface area contributed by atoms with Crippen LogP contribution >= 0.6 is 17.0 Å². The van der Waals surface area contributed by atoms with Gasteiger partial charge in [-0.1, -0.05) is 7.43 Å². The summed E-state index contributed by atoms with van der Waals surface area (Å²) in [6.07, 6.45) is 0. The van der Waals surface area contributed by atoms with Crippen LogP contribution in [0.1, 0.15) is 7.43 Å². The van der Waals surface area contributed by atoms with E-state index in [0.29, 0.717) is 0 Å². The minimum atomic E-state index is -0.826. The summed E-state index contributed by atoms with van der Waals surface area (Å²) in [4.78, 5) is 0. The van der Waals surface area contributed by atoms with Crippen molar-refractivity contribution in [2.75, 3.05) is 0 Å². The van der Waals surface area contributed by atoms with Crippen molar-refractivity contribution in [1.29, 1.82) is 0 Å².